The number of amides is 2. The number of hydrogen-bond acceptors (Lipinski definition) is 3. The van der Waals surface area contributed by atoms with Gasteiger partial charge in [0, 0.05) is 20.0 Å². The minimum absolute atomic E-state index is 0.0422. The first-order valence-corrected chi connectivity index (χ1v) is 7.10. The number of carboxylic acids is 1. The van der Waals surface area contributed by atoms with E-state index in [2.05, 4.69) is 5.32 Å². The molecule has 0 aliphatic carbocycles. The predicted octanol–water partition coefficient (Wildman–Crippen LogP) is 0.860. The van der Waals surface area contributed by atoms with Crippen molar-refractivity contribution in [2.75, 3.05) is 13.1 Å². The second-order valence-electron chi connectivity index (χ2n) is 5.83. The number of piperidine rings is 1. The van der Waals surface area contributed by atoms with Crippen molar-refractivity contribution in [3.63, 3.8) is 0 Å². The molecular weight excluding hydrogens is 260 g/mol. The highest BCUT2D eigenvalue weighted by Crippen LogP contribution is 2.17. The van der Waals surface area contributed by atoms with Gasteiger partial charge in [-0.15, -0.1) is 0 Å². The molecule has 2 amide bonds. The molecule has 6 nitrogen and oxygen atoms in total. The molecule has 2 atom stereocenters. The maximum atomic E-state index is 12.2. The normalized spacial score (nSPS) is 20.6. The van der Waals surface area contributed by atoms with Crippen LogP contribution in [0.1, 0.15) is 40.0 Å². The maximum absolute atomic E-state index is 12.2. The van der Waals surface area contributed by atoms with Crippen molar-refractivity contribution < 1.29 is 19.5 Å². The van der Waals surface area contributed by atoms with Crippen molar-refractivity contribution in [1.82, 2.24) is 10.2 Å². The van der Waals surface area contributed by atoms with Crippen molar-refractivity contribution in [3.8, 4) is 0 Å². The molecule has 0 aromatic carbocycles. The van der Waals surface area contributed by atoms with Crippen molar-refractivity contribution in [2.45, 2.75) is 46.1 Å². The lowest BCUT2D eigenvalue weighted by molar-refractivity contribution is -0.144. The Morgan fingerprint density at radius 1 is 1.35 bits per heavy atom. The summed E-state index contributed by atoms with van der Waals surface area (Å²) in [5, 5.41) is 11.7. The molecule has 1 aliphatic heterocycles. The largest absolute Gasteiger partial charge is 0.480 e. The van der Waals surface area contributed by atoms with Gasteiger partial charge in [0.1, 0.15) is 6.04 Å². The van der Waals surface area contributed by atoms with E-state index in [1.165, 1.54) is 6.92 Å². The monoisotopic (exact) mass is 284 g/mol. The summed E-state index contributed by atoms with van der Waals surface area (Å²) < 4.78 is 0. The number of carboxylic acid groups (broad SMARTS) is 1. The number of carbonyl (C=O) groups excluding carboxylic acids is 2. The van der Waals surface area contributed by atoms with E-state index in [-0.39, 0.29) is 23.7 Å². The molecule has 114 valence electrons. The number of carbonyl (C=O) groups is 3. The van der Waals surface area contributed by atoms with E-state index in [0.29, 0.717) is 25.9 Å². The minimum Gasteiger partial charge on any atom is -0.480 e. The molecule has 0 saturated carbocycles. The van der Waals surface area contributed by atoms with Crippen molar-refractivity contribution >= 4 is 17.8 Å². The fraction of sp³-hybridized carbons (Fsp3) is 0.786. The second-order valence-corrected chi connectivity index (χ2v) is 5.83. The van der Waals surface area contributed by atoms with E-state index < -0.39 is 12.0 Å². The van der Waals surface area contributed by atoms with E-state index in [1.807, 2.05) is 13.8 Å². The highest BCUT2D eigenvalue weighted by atomic mass is 16.4. The number of rotatable bonds is 5. The first kappa shape index (κ1) is 16.5. The van der Waals surface area contributed by atoms with E-state index in [0.717, 1.165) is 6.42 Å². The average Bonchev–Trinajstić information content (AvgIpc) is 2.37. The fourth-order valence-corrected chi connectivity index (χ4v) is 2.46. The van der Waals surface area contributed by atoms with Crippen LogP contribution in [0.15, 0.2) is 0 Å². The third-order valence-electron chi connectivity index (χ3n) is 3.56. The smallest absolute Gasteiger partial charge is 0.326 e. The van der Waals surface area contributed by atoms with Crippen LogP contribution < -0.4 is 5.32 Å². The Kier molecular flexibility index (Phi) is 5.98. The lowest BCUT2D eigenvalue weighted by atomic mass is 9.96. The van der Waals surface area contributed by atoms with Gasteiger partial charge in [0.15, 0.2) is 0 Å². The zero-order chi connectivity index (χ0) is 15.3. The molecule has 1 saturated heterocycles. The summed E-state index contributed by atoms with van der Waals surface area (Å²) in [7, 11) is 0. The molecule has 6 heteroatoms. The number of nitrogens with zero attached hydrogens (tertiary/aromatic N) is 1. The summed E-state index contributed by atoms with van der Waals surface area (Å²) in [6, 6.07) is -0.852. The van der Waals surface area contributed by atoms with Gasteiger partial charge in [-0.1, -0.05) is 13.8 Å². The summed E-state index contributed by atoms with van der Waals surface area (Å²) in [6.45, 7) is 6.38. The van der Waals surface area contributed by atoms with E-state index >= 15 is 0 Å². The van der Waals surface area contributed by atoms with E-state index in [1.54, 1.807) is 4.90 Å². The second kappa shape index (κ2) is 7.26. The Hall–Kier alpha value is -1.59. The quantitative estimate of drug-likeness (QED) is 0.784. The van der Waals surface area contributed by atoms with Crippen LogP contribution in [0.2, 0.25) is 0 Å². The van der Waals surface area contributed by atoms with Gasteiger partial charge in [0.05, 0.1) is 5.92 Å². The molecular formula is C14H24N2O4. The molecule has 0 spiro atoms. The molecule has 1 unspecified atom stereocenters. The molecule has 0 radical (unpaired) electrons. The molecule has 1 rings (SSSR count). The van der Waals surface area contributed by atoms with Gasteiger partial charge in [0.2, 0.25) is 11.8 Å². The van der Waals surface area contributed by atoms with Crippen LogP contribution in [0.4, 0.5) is 0 Å². The molecule has 1 heterocycles. The van der Waals surface area contributed by atoms with Crippen LogP contribution >= 0.6 is 0 Å². The summed E-state index contributed by atoms with van der Waals surface area (Å²) in [4.78, 5) is 36.3. The number of nitrogens with one attached hydrogen (secondary N) is 1. The number of hydrogen-bond donors (Lipinski definition) is 2. The Labute approximate surface area is 119 Å². The third kappa shape index (κ3) is 4.83. The van der Waals surface area contributed by atoms with Gasteiger partial charge in [-0.2, -0.15) is 0 Å². The maximum Gasteiger partial charge on any atom is 0.326 e. The SMILES string of the molecule is CC(=O)N1CCCC(C(=O)N[C@@H](CC(C)C)C(=O)O)C1. The van der Waals surface area contributed by atoms with Crippen LogP contribution in [0.5, 0.6) is 0 Å². The molecule has 20 heavy (non-hydrogen) atoms. The van der Waals surface area contributed by atoms with Gasteiger partial charge in [-0.25, -0.2) is 4.79 Å². The van der Waals surface area contributed by atoms with Crippen molar-refractivity contribution in [3.05, 3.63) is 0 Å². The summed E-state index contributed by atoms with van der Waals surface area (Å²) >= 11 is 0. The zero-order valence-electron chi connectivity index (χ0n) is 12.4. The van der Waals surface area contributed by atoms with Gasteiger partial charge >= 0.3 is 5.97 Å². The Bertz CT molecular complexity index is 381. The summed E-state index contributed by atoms with van der Waals surface area (Å²) in [6.07, 6.45) is 1.88. The summed E-state index contributed by atoms with van der Waals surface area (Å²) in [5.41, 5.74) is 0. The first-order chi connectivity index (χ1) is 9.31. The molecule has 0 aromatic rings. The van der Waals surface area contributed by atoms with E-state index in [4.69, 9.17) is 5.11 Å². The van der Waals surface area contributed by atoms with Crippen molar-refractivity contribution in [1.29, 1.82) is 0 Å². The Balaban J connectivity index is 2.59. The molecule has 0 bridgehead atoms. The van der Waals surface area contributed by atoms with Gasteiger partial charge in [0.25, 0.3) is 0 Å². The average molecular weight is 284 g/mol. The highest BCUT2D eigenvalue weighted by molar-refractivity contribution is 5.85. The first-order valence-electron chi connectivity index (χ1n) is 7.10. The number of aliphatic carboxylic acids is 1. The van der Waals surface area contributed by atoms with Crippen LogP contribution in [0, 0.1) is 11.8 Å². The van der Waals surface area contributed by atoms with Gasteiger partial charge in [-0.3, -0.25) is 9.59 Å². The zero-order valence-corrected chi connectivity index (χ0v) is 12.4. The lowest BCUT2D eigenvalue weighted by Crippen LogP contribution is -2.49. The van der Waals surface area contributed by atoms with Gasteiger partial charge in [-0.05, 0) is 25.2 Å². The number of likely N-dealkylation sites (tertiary alicyclic amines) is 1. The van der Waals surface area contributed by atoms with Crippen LogP contribution in [0.3, 0.4) is 0 Å². The molecule has 2 N–H and O–H groups in total. The Morgan fingerprint density at radius 2 is 2.00 bits per heavy atom. The summed E-state index contributed by atoms with van der Waals surface area (Å²) in [5.74, 6) is -1.42. The molecule has 1 fully saturated rings. The fourth-order valence-electron chi connectivity index (χ4n) is 2.46. The Morgan fingerprint density at radius 3 is 2.50 bits per heavy atom. The van der Waals surface area contributed by atoms with Crippen LogP contribution in [-0.2, 0) is 14.4 Å². The minimum atomic E-state index is -1.01. The topological polar surface area (TPSA) is 86.7 Å². The predicted molar refractivity (Wildman–Crippen MR) is 74.0 cm³/mol. The van der Waals surface area contributed by atoms with Crippen LogP contribution in [0.25, 0.3) is 0 Å². The molecule has 1 aliphatic rings. The van der Waals surface area contributed by atoms with Gasteiger partial charge < -0.3 is 15.3 Å². The van der Waals surface area contributed by atoms with E-state index in [9.17, 15) is 14.4 Å². The third-order valence-corrected chi connectivity index (χ3v) is 3.56. The lowest BCUT2D eigenvalue weighted by Gasteiger charge is -2.32. The standard InChI is InChI=1S/C14H24N2O4/c1-9(2)7-12(14(19)20)15-13(18)11-5-4-6-16(8-11)10(3)17/h9,11-12H,4-8H2,1-3H3,(H,15,18)(H,19,20)/t11?,12-/m0/s1. The highest BCUT2D eigenvalue weighted by Gasteiger charge is 2.30. The molecule has 0 aromatic heterocycles. The van der Waals surface area contributed by atoms with Crippen LogP contribution in [-0.4, -0.2) is 46.9 Å². The van der Waals surface area contributed by atoms with Crippen molar-refractivity contribution in [2.24, 2.45) is 11.8 Å².